The molecule has 1 amide bonds. The Labute approximate surface area is 205 Å². The summed E-state index contributed by atoms with van der Waals surface area (Å²) in [6.07, 6.45) is 7.23. The Bertz CT molecular complexity index is 1280. The summed E-state index contributed by atoms with van der Waals surface area (Å²) in [5, 5.41) is 2.02. The molecule has 4 rings (SSSR count). The molecule has 7 nitrogen and oxygen atoms in total. The summed E-state index contributed by atoms with van der Waals surface area (Å²) in [4.78, 5) is 15.8. The van der Waals surface area contributed by atoms with Crippen molar-refractivity contribution in [2.75, 3.05) is 7.05 Å². The molecule has 0 bridgehead atoms. The fraction of sp³-hybridized carbons (Fsp3) is 0.346. The van der Waals surface area contributed by atoms with Gasteiger partial charge < -0.3 is 5.32 Å². The molecule has 35 heavy (non-hydrogen) atoms. The van der Waals surface area contributed by atoms with E-state index in [1.54, 1.807) is 24.3 Å². The highest BCUT2D eigenvalue weighted by Crippen LogP contribution is 2.31. The van der Waals surface area contributed by atoms with Gasteiger partial charge in [-0.2, -0.15) is 4.31 Å². The molecule has 1 aliphatic heterocycles. The van der Waals surface area contributed by atoms with Gasteiger partial charge >= 0.3 is 0 Å². The van der Waals surface area contributed by atoms with Crippen molar-refractivity contribution in [2.24, 2.45) is 0 Å². The molecular formula is C26H30FN4O3S+. The maximum atomic E-state index is 15.1. The van der Waals surface area contributed by atoms with Crippen molar-refractivity contribution in [1.29, 1.82) is 0 Å². The van der Waals surface area contributed by atoms with E-state index in [0.29, 0.717) is 36.1 Å². The molecule has 1 aromatic carbocycles. The van der Waals surface area contributed by atoms with Gasteiger partial charge in [0.2, 0.25) is 10.0 Å². The monoisotopic (exact) mass is 497 g/mol. The fourth-order valence-electron chi connectivity index (χ4n) is 4.43. The molecule has 1 saturated heterocycles. The van der Waals surface area contributed by atoms with Crippen molar-refractivity contribution in [1.82, 2.24) is 14.6 Å². The molecule has 1 aliphatic rings. The topological polar surface area (TPSA) is 83.3 Å². The van der Waals surface area contributed by atoms with Gasteiger partial charge in [0.1, 0.15) is 18.1 Å². The lowest BCUT2D eigenvalue weighted by Gasteiger charge is -2.37. The van der Waals surface area contributed by atoms with E-state index < -0.39 is 21.1 Å². The third kappa shape index (κ3) is 5.57. The molecular weight excluding hydrogens is 467 g/mol. The highest BCUT2D eigenvalue weighted by atomic mass is 32.2. The molecule has 0 aliphatic carbocycles. The number of benzene rings is 1. The van der Waals surface area contributed by atoms with E-state index in [-0.39, 0.29) is 24.2 Å². The minimum absolute atomic E-state index is 0.00154. The van der Waals surface area contributed by atoms with Crippen LogP contribution in [0.25, 0.3) is 11.1 Å². The van der Waals surface area contributed by atoms with Crippen LogP contribution < -0.4 is 9.88 Å². The van der Waals surface area contributed by atoms with Crippen LogP contribution in [0.15, 0.2) is 67.1 Å². The van der Waals surface area contributed by atoms with E-state index in [9.17, 15) is 13.2 Å². The smallest absolute Gasteiger partial charge is 0.269 e. The zero-order valence-corrected chi connectivity index (χ0v) is 20.7. The van der Waals surface area contributed by atoms with Crippen molar-refractivity contribution in [3.8, 4) is 11.1 Å². The van der Waals surface area contributed by atoms with Gasteiger partial charge in [-0.05, 0) is 37.5 Å². The summed E-state index contributed by atoms with van der Waals surface area (Å²) in [6, 6.07) is 13.6. The van der Waals surface area contributed by atoms with Crippen LogP contribution in [0.2, 0.25) is 0 Å². The van der Waals surface area contributed by atoms with E-state index >= 15 is 4.39 Å². The van der Waals surface area contributed by atoms with Crippen LogP contribution in [0, 0.1) is 5.82 Å². The van der Waals surface area contributed by atoms with Gasteiger partial charge in [-0.1, -0.05) is 24.3 Å². The van der Waals surface area contributed by atoms with E-state index in [4.69, 9.17) is 0 Å². The Morgan fingerprint density at radius 1 is 1.14 bits per heavy atom. The van der Waals surface area contributed by atoms with Crippen molar-refractivity contribution in [3.05, 3.63) is 84.2 Å². The molecule has 3 heterocycles. The van der Waals surface area contributed by atoms with Gasteiger partial charge in [-0.15, -0.1) is 0 Å². The number of aryl methyl sites for hydroxylation is 1. The van der Waals surface area contributed by atoms with E-state index in [2.05, 4.69) is 10.3 Å². The van der Waals surface area contributed by atoms with Gasteiger partial charge in [0, 0.05) is 55.5 Å². The molecule has 3 aromatic rings. The summed E-state index contributed by atoms with van der Waals surface area (Å²) in [5.74, 6) is -0.766. The molecule has 0 spiro atoms. The molecule has 0 radical (unpaired) electrons. The fourth-order valence-corrected chi connectivity index (χ4v) is 6.57. The van der Waals surface area contributed by atoms with Crippen molar-refractivity contribution < 1.29 is 22.2 Å². The van der Waals surface area contributed by atoms with Crippen LogP contribution in [0.3, 0.4) is 0 Å². The predicted octanol–water partition coefficient (Wildman–Crippen LogP) is 3.31. The average Bonchev–Trinajstić information content (AvgIpc) is 2.87. The Morgan fingerprint density at radius 2 is 1.89 bits per heavy atom. The summed E-state index contributed by atoms with van der Waals surface area (Å²) in [6.45, 7) is 2.49. The number of pyridine rings is 2. The summed E-state index contributed by atoms with van der Waals surface area (Å²) in [5.41, 5.74) is 1.88. The van der Waals surface area contributed by atoms with Gasteiger partial charge in [0.05, 0.1) is 5.25 Å². The Morgan fingerprint density at radius 3 is 2.54 bits per heavy atom. The number of sulfonamides is 1. The highest BCUT2D eigenvalue weighted by molar-refractivity contribution is 7.89. The second-order valence-electron chi connectivity index (χ2n) is 8.86. The Hall–Kier alpha value is -3.17. The zero-order chi connectivity index (χ0) is 25.0. The molecule has 9 heteroatoms. The Balaban J connectivity index is 1.49. The van der Waals surface area contributed by atoms with Gasteiger partial charge in [-0.25, -0.2) is 17.4 Å². The molecule has 2 aromatic heterocycles. The first kappa shape index (κ1) is 24.9. The van der Waals surface area contributed by atoms with Crippen molar-refractivity contribution in [3.63, 3.8) is 0 Å². The maximum Gasteiger partial charge on any atom is 0.269 e. The number of rotatable bonds is 7. The van der Waals surface area contributed by atoms with Crippen LogP contribution in [0.1, 0.15) is 42.2 Å². The number of nitrogens with zero attached hydrogens (tertiary/aromatic N) is 3. The number of halogens is 1. The minimum Gasteiger partial charge on any atom is -0.354 e. The van der Waals surface area contributed by atoms with E-state index in [0.717, 1.165) is 6.42 Å². The lowest BCUT2D eigenvalue weighted by molar-refractivity contribution is -0.697. The molecule has 2 unspecified atom stereocenters. The number of nitrogens with one attached hydrogen (secondary N) is 1. The first-order valence-corrected chi connectivity index (χ1v) is 13.2. The second-order valence-corrected chi connectivity index (χ2v) is 11.0. The largest absolute Gasteiger partial charge is 0.354 e. The SMILES string of the molecule is CNC(=O)c1ccc(-c2ccc(CN3C(C)CCC(CC[n+]4ccccc4)S3(=O)=O)c(F)c2)cn1. The van der Waals surface area contributed by atoms with Gasteiger partial charge in [-0.3, -0.25) is 9.78 Å². The second kappa shape index (κ2) is 10.6. The quantitative estimate of drug-likeness (QED) is 0.508. The normalized spacial score (nSPS) is 19.9. The molecule has 184 valence electrons. The Kier molecular flexibility index (Phi) is 7.57. The van der Waals surface area contributed by atoms with Gasteiger partial charge in [0.25, 0.3) is 5.91 Å². The lowest BCUT2D eigenvalue weighted by atomic mass is 10.0. The van der Waals surface area contributed by atoms with Gasteiger partial charge in [0.15, 0.2) is 12.4 Å². The summed E-state index contributed by atoms with van der Waals surface area (Å²) < 4.78 is 45.3. The number of aromatic nitrogens is 2. The average molecular weight is 498 g/mol. The lowest BCUT2D eigenvalue weighted by Crippen LogP contribution is -2.49. The molecule has 1 fully saturated rings. The first-order valence-electron chi connectivity index (χ1n) is 11.7. The van der Waals surface area contributed by atoms with Crippen LogP contribution >= 0.6 is 0 Å². The number of carbonyl (C=O) groups excluding carboxylic acids is 1. The van der Waals surface area contributed by atoms with E-state index in [1.165, 1.54) is 23.6 Å². The summed E-state index contributed by atoms with van der Waals surface area (Å²) in [7, 11) is -2.04. The predicted molar refractivity (Wildman–Crippen MR) is 131 cm³/mol. The van der Waals surface area contributed by atoms with E-state index in [1.807, 2.05) is 42.1 Å². The van der Waals surface area contributed by atoms with Crippen LogP contribution in [-0.4, -0.2) is 42.0 Å². The number of amides is 1. The zero-order valence-electron chi connectivity index (χ0n) is 19.9. The number of carbonyl (C=O) groups is 1. The minimum atomic E-state index is -3.57. The molecule has 2 atom stereocenters. The third-order valence-corrected chi connectivity index (χ3v) is 9.03. The van der Waals surface area contributed by atoms with Crippen molar-refractivity contribution >= 4 is 15.9 Å². The van der Waals surface area contributed by atoms with Crippen LogP contribution in [0.4, 0.5) is 4.39 Å². The number of hydrogen-bond acceptors (Lipinski definition) is 4. The molecule has 0 saturated carbocycles. The number of hydrogen-bond donors (Lipinski definition) is 1. The highest BCUT2D eigenvalue weighted by Gasteiger charge is 2.40. The van der Waals surface area contributed by atoms with Crippen molar-refractivity contribution in [2.45, 2.75) is 50.6 Å². The summed E-state index contributed by atoms with van der Waals surface area (Å²) >= 11 is 0. The maximum absolute atomic E-state index is 15.1. The van der Waals surface area contributed by atoms with Crippen LogP contribution in [-0.2, 0) is 23.1 Å². The third-order valence-electron chi connectivity index (χ3n) is 6.57. The van der Waals surface area contributed by atoms with Crippen LogP contribution in [0.5, 0.6) is 0 Å². The molecule has 1 N–H and O–H groups in total. The first-order chi connectivity index (χ1) is 16.8. The standard InChI is InChI=1S/C26H29FN4O3S/c1-19-6-10-23(12-15-30-13-4-3-5-14-30)35(33,34)31(19)18-22-8-7-20(16-24(22)27)21-9-11-25(29-17-21)26(32)28-2/h3-5,7-9,11,13-14,16-17,19,23H,6,10,12,15,18H2,1-2H3/p+1.